The van der Waals surface area contributed by atoms with Crippen LogP contribution in [0.25, 0.3) is 0 Å². The first-order valence-electron chi connectivity index (χ1n) is 3.71. The summed E-state index contributed by atoms with van der Waals surface area (Å²) in [6, 6.07) is 0. The highest BCUT2D eigenvalue weighted by Gasteiger charge is 2.23. The van der Waals surface area contributed by atoms with Gasteiger partial charge in [-0.05, 0) is 0 Å². The zero-order valence-electron chi connectivity index (χ0n) is 6.12. The fourth-order valence-electron chi connectivity index (χ4n) is 0.686. The number of ether oxygens (including phenoxy) is 2. The smallest absolute Gasteiger partial charge is 0.182 e. The lowest BCUT2D eigenvalue weighted by Gasteiger charge is -2.25. The van der Waals surface area contributed by atoms with Gasteiger partial charge in [-0.1, -0.05) is 5.64 Å². The molecule has 2 heterocycles. The average molecular weight is 161 g/mol. The molecule has 2 aliphatic rings. The molecule has 2 unspecified atom stereocenters. The van der Waals surface area contributed by atoms with Crippen LogP contribution in [-0.2, 0) is 19.1 Å². The van der Waals surface area contributed by atoms with Gasteiger partial charge in [0.25, 0.3) is 0 Å². The van der Waals surface area contributed by atoms with Gasteiger partial charge in [0.2, 0.25) is 0 Å². The molecule has 2 fully saturated rings. The molecular formula is C6H11NO4. The third-order valence-electron chi connectivity index (χ3n) is 1.57. The van der Waals surface area contributed by atoms with Gasteiger partial charge in [0, 0.05) is 6.42 Å². The molecule has 2 atom stereocenters. The van der Waals surface area contributed by atoms with Gasteiger partial charge in [-0.15, -0.1) is 0 Å². The summed E-state index contributed by atoms with van der Waals surface area (Å²) in [6.45, 7) is 2.10. The predicted molar refractivity (Wildman–Crippen MR) is 34.3 cm³/mol. The number of hydrogen-bond acceptors (Lipinski definition) is 5. The van der Waals surface area contributed by atoms with Gasteiger partial charge in [-0.25, -0.2) is 4.84 Å². The first kappa shape index (κ1) is 7.45. The van der Waals surface area contributed by atoms with Crippen LogP contribution >= 0.6 is 0 Å². The molecule has 2 aliphatic heterocycles. The summed E-state index contributed by atoms with van der Waals surface area (Å²) >= 11 is 0. The van der Waals surface area contributed by atoms with E-state index in [4.69, 9.17) is 19.1 Å². The summed E-state index contributed by atoms with van der Waals surface area (Å²) in [5.74, 6) is 0. The first-order valence-corrected chi connectivity index (χ1v) is 3.71. The Morgan fingerprint density at radius 1 is 1.45 bits per heavy atom. The molecule has 1 N–H and O–H groups in total. The van der Waals surface area contributed by atoms with Crippen LogP contribution < -0.4 is 5.64 Å². The maximum Gasteiger partial charge on any atom is 0.182 e. The van der Waals surface area contributed by atoms with Crippen molar-refractivity contribution in [1.29, 1.82) is 0 Å². The highest BCUT2D eigenvalue weighted by Crippen LogP contribution is 2.11. The number of hydrogen-bond donors (Lipinski definition) is 1. The van der Waals surface area contributed by atoms with E-state index in [2.05, 4.69) is 5.64 Å². The minimum absolute atomic E-state index is 0.130. The van der Waals surface area contributed by atoms with E-state index >= 15 is 0 Å². The van der Waals surface area contributed by atoms with Gasteiger partial charge in [0.1, 0.15) is 6.10 Å². The Morgan fingerprint density at radius 3 is 2.82 bits per heavy atom. The second-order valence-corrected chi connectivity index (χ2v) is 2.56. The zero-order valence-corrected chi connectivity index (χ0v) is 6.12. The molecule has 0 spiro atoms. The summed E-state index contributed by atoms with van der Waals surface area (Å²) < 4.78 is 9.86. The first-order chi connectivity index (χ1) is 5.45. The topological polar surface area (TPSA) is 52.2 Å². The number of nitrogens with one attached hydrogen (secondary N) is 1. The van der Waals surface area contributed by atoms with E-state index in [-0.39, 0.29) is 12.4 Å². The molecule has 5 heteroatoms. The molecule has 0 aliphatic carbocycles. The van der Waals surface area contributed by atoms with Gasteiger partial charge >= 0.3 is 0 Å². The third kappa shape index (κ3) is 2.39. The van der Waals surface area contributed by atoms with Crippen molar-refractivity contribution in [2.75, 3.05) is 19.8 Å². The molecule has 64 valence electrons. The van der Waals surface area contributed by atoms with Crippen LogP contribution in [0.5, 0.6) is 0 Å². The van der Waals surface area contributed by atoms with Crippen LogP contribution in [0.3, 0.4) is 0 Å². The highest BCUT2D eigenvalue weighted by atomic mass is 16.9. The van der Waals surface area contributed by atoms with E-state index in [1.54, 1.807) is 0 Å². The molecule has 0 aromatic carbocycles. The lowest BCUT2D eigenvalue weighted by Crippen LogP contribution is -2.35. The van der Waals surface area contributed by atoms with Crippen molar-refractivity contribution in [3.63, 3.8) is 0 Å². The van der Waals surface area contributed by atoms with E-state index in [0.717, 1.165) is 19.6 Å². The van der Waals surface area contributed by atoms with Gasteiger partial charge < -0.3 is 9.47 Å². The molecule has 0 saturated carbocycles. The molecule has 0 aromatic heterocycles. The van der Waals surface area contributed by atoms with Crippen molar-refractivity contribution >= 4 is 0 Å². The van der Waals surface area contributed by atoms with Crippen molar-refractivity contribution in [3.05, 3.63) is 0 Å². The van der Waals surface area contributed by atoms with E-state index in [0.29, 0.717) is 6.61 Å². The van der Waals surface area contributed by atoms with Crippen molar-refractivity contribution in [2.45, 2.75) is 18.8 Å². The normalized spacial score (nSPS) is 34.9. The molecule has 0 radical (unpaired) electrons. The molecule has 2 rings (SSSR count). The summed E-state index contributed by atoms with van der Waals surface area (Å²) in [5, 5.41) is 0. The zero-order chi connectivity index (χ0) is 7.52. The maximum atomic E-state index is 4.96. The van der Waals surface area contributed by atoms with Crippen LogP contribution in [0.4, 0.5) is 0 Å². The second kappa shape index (κ2) is 3.46. The Kier molecular flexibility index (Phi) is 2.35. The largest absolute Gasteiger partial charge is 0.371 e. The third-order valence-corrected chi connectivity index (χ3v) is 1.57. The van der Waals surface area contributed by atoms with Crippen molar-refractivity contribution in [2.24, 2.45) is 0 Å². The van der Waals surface area contributed by atoms with E-state index in [1.807, 2.05) is 0 Å². The fourth-order valence-corrected chi connectivity index (χ4v) is 0.686. The Balaban J connectivity index is 1.40. The van der Waals surface area contributed by atoms with Crippen molar-refractivity contribution in [3.8, 4) is 0 Å². The van der Waals surface area contributed by atoms with E-state index in [9.17, 15) is 0 Å². The van der Waals surface area contributed by atoms with E-state index < -0.39 is 0 Å². The van der Waals surface area contributed by atoms with Crippen LogP contribution in [-0.4, -0.2) is 32.2 Å². The number of rotatable bonds is 5. The second-order valence-electron chi connectivity index (χ2n) is 2.56. The monoisotopic (exact) mass is 161 g/mol. The highest BCUT2D eigenvalue weighted by molar-refractivity contribution is 4.66. The van der Waals surface area contributed by atoms with Gasteiger partial charge in [0.15, 0.2) is 6.29 Å². The minimum atomic E-state index is -0.130. The molecule has 11 heavy (non-hydrogen) atoms. The number of epoxide rings is 1. The molecule has 0 bridgehead atoms. The van der Waals surface area contributed by atoms with Gasteiger partial charge in [-0.3, -0.25) is 4.84 Å². The standard InChI is InChI=1S/C6H11NO4/c1-2-8-6(1)11-7-10-4-5-3-9-5/h5-7H,1-4H2. The van der Waals surface area contributed by atoms with E-state index in [1.165, 1.54) is 0 Å². The SMILES string of the molecule is C1CC(ONOCC2CO2)O1. The Morgan fingerprint density at radius 2 is 2.27 bits per heavy atom. The van der Waals surface area contributed by atoms with Crippen LogP contribution in [0.2, 0.25) is 0 Å². The summed E-state index contributed by atoms with van der Waals surface area (Å²) in [6.07, 6.45) is 1.06. The summed E-state index contributed by atoms with van der Waals surface area (Å²) in [5.41, 5.74) is 2.35. The maximum absolute atomic E-state index is 4.96. The van der Waals surface area contributed by atoms with Crippen molar-refractivity contribution < 1.29 is 19.1 Å². The quantitative estimate of drug-likeness (QED) is 0.337. The van der Waals surface area contributed by atoms with Gasteiger partial charge in [0.05, 0.1) is 19.8 Å². The molecular weight excluding hydrogens is 150 g/mol. The summed E-state index contributed by atoms with van der Waals surface area (Å²) in [4.78, 5) is 9.79. The van der Waals surface area contributed by atoms with Crippen LogP contribution in [0.15, 0.2) is 0 Å². The minimum Gasteiger partial charge on any atom is -0.371 e. The Labute approximate surface area is 64.5 Å². The molecule has 0 aromatic rings. The predicted octanol–water partition coefficient (Wildman–Crippen LogP) is -0.416. The Bertz CT molecular complexity index is 124. The fraction of sp³-hybridized carbons (Fsp3) is 1.00. The molecule has 5 nitrogen and oxygen atoms in total. The lowest BCUT2D eigenvalue weighted by atomic mass is 10.4. The molecule has 0 amide bonds. The lowest BCUT2D eigenvalue weighted by molar-refractivity contribution is -0.306. The van der Waals surface area contributed by atoms with Gasteiger partial charge in [-0.2, -0.15) is 0 Å². The summed E-state index contributed by atoms with van der Waals surface area (Å²) in [7, 11) is 0. The Hall–Kier alpha value is -0.200. The van der Waals surface area contributed by atoms with Crippen LogP contribution in [0.1, 0.15) is 6.42 Å². The molecule has 2 saturated heterocycles. The average Bonchev–Trinajstić information content (AvgIpc) is 2.66. The van der Waals surface area contributed by atoms with Crippen molar-refractivity contribution in [1.82, 2.24) is 5.64 Å². The van der Waals surface area contributed by atoms with Crippen LogP contribution in [0, 0.1) is 0 Å².